The minimum Gasteiger partial charge on any atom is -0.383 e. The number of nitrogens with two attached hydrogens (primary N) is 1. The summed E-state index contributed by atoms with van der Waals surface area (Å²) in [5.41, 5.74) is 6.85. The molecule has 0 bridgehead atoms. The molecule has 18 heavy (non-hydrogen) atoms. The summed E-state index contributed by atoms with van der Waals surface area (Å²) in [5.74, 6) is 0.578. The summed E-state index contributed by atoms with van der Waals surface area (Å²) in [6.07, 6.45) is 2.17. The number of sulfone groups is 1. The standard InChI is InChI=1S/C13H22N2O2S/c1-10(2)8-11(14)9-15-12-4-6-13(7-5-12)18(3,16)17/h4-7,10-11,15H,8-9,14H2,1-3H3. The van der Waals surface area contributed by atoms with Gasteiger partial charge in [0.1, 0.15) is 0 Å². The number of benzene rings is 1. The molecule has 1 rings (SSSR count). The van der Waals surface area contributed by atoms with Crippen molar-refractivity contribution in [2.75, 3.05) is 18.1 Å². The Hall–Kier alpha value is -1.07. The molecule has 1 atom stereocenters. The van der Waals surface area contributed by atoms with Gasteiger partial charge in [-0.05, 0) is 36.6 Å². The number of hydrogen-bond donors (Lipinski definition) is 2. The highest BCUT2D eigenvalue weighted by atomic mass is 32.2. The zero-order valence-corrected chi connectivity index (χ0v) is 12.0. The second kappa shape index (κ2) is 6.20. The van der Waals surface area contributed by atoms with Gasteiger partial charge in [0.25, 0.3) is 0 Å². The Kier molecular flexibility index (Phi) is 5.16. The third-order valence-electron chi connectivity index (χ3n) is 2.62. The summed E-state index contributed by atoms with van der Waals surface area (Å²) >= 11 is 0. The van der Waals surface area contributed by atoms with E-state index in [1.165, 1.54) is 6.26 Å². The van der Waals surface area contributed by atoms with Crippen LogP contribution in [0.2, 0.25) is 0 Å². The lowest BCUT2D eigenvalue weighted by atomic mass is 10.0. The highest BCUT2D eigenvalue weighted by molar-refractivity contribution is 7.90. The van der Waals surface area contributed by atoms with Crippen molar-refractivity contribution < 1.29 is 8.42 Å². The van der Waals surface area contributed by atoms with Crippen molar-refractivity contribution in [1.29, 1.82) is 0 Å². The van der Waals surface area contributed by atoms with Gasteiger partial charge in [-0.15, -0.1) is 0 Å². The van der Waals surface area contributed by atoms with Crippen molar-refractivity contribution in [2.45, 2.75) is 31.2 Å². The van der Waals surface area contributed by atoms with Gasteiger partial charge in [0.05, 0.1) is 4.90 Å². The summed E-state index contributed by atoms with van der Waals surface area (Å²) in [7, 11) is -3.12. The monoisotopic (exact) mass is 270 g/mol. The van der Waals surface area contributed by atoms with Crippen molar-refractivity contribution in [3.63, 3.8) is 0 Å². The van der Waals surface area contributed by atoms with E-state index in [0.29, 0.717) is 17.4 Å². The molecule has 0 saturated heterocycles. The second-order valence-electron chi connectivity index (χ2n) is 5.07. The van der Waals surface area contributed by atoms with Crippen LogP contribution in [0, 0.1) is 5.92 Å². The van der Waals surface area contributed by atoms with Crippen LogP contribution in [0.4, 0.5) is 5.69 Å². The fourth-order valence-corrected chi connectivity index (χ4v) is 2.39. The van der Waals surface area contributed by atoms with Crippen LogP contribution in [0.3, 0.4) is 0 Å². The molecular weight excluding hydrogens is 248 g/mol. The van der Waals surface area contributed by atoms with Gasteiger partial charge in [-0.25, -0.2) is 8.42 Å². The molecule has 5 heteroatoms. The lowest BCUT2D eigenvalue weighted by Crippen LogP contribution is -2.30. The Morgan fingerprint density at radius 2 is 1.78 bits per heavy atom. The van der Waals surface area contributed by atoms with Crippen LogP contribution in [0.15, 0.2) is 29.2 Å². The Morgan fingerprint density at radius 3 is 2.22 bits per heavy atom. The normalized spacial score (nSPS) is 13.6. The molecule has 1 aromatic rings. The molecule has 0 aromatic heterocycles. The van der Waals surface area contributed by atoms with E-state index in [0.717, 1.165) is 12.1 Å². The van der Waals surface area contributed by atoms with Crippen LogP contribution in [0.1, 0.15) is 20.3 Å². The van der Waals surface area contributed by atoms with Crippen molar-refractivity contribution in [1.82, 2.24) is 0 Å². The first kappa shape index (κ1) is 15.0. The highest BCUT2D eigenvalue weighted by Crippen LogP contribution is 2.14. The van der Waals surface area contributed by atoms with Crippen LogP contribution in [0.25, 0.3) is 0 Å². The van der Waals surface area contributed by atoms with Gasteiger partial charge in [-0.3, -0.25) is 0 Å². The Labute approximate surface area is 110 Å². The van der Waals surface area contributed by atoms with Crippen molar-refractivity contribution in [2.24, 2.45) is 11.7 Å². The average molecular weight is 270 g/mol. The molecule has 0 spiro atoms. The Balaban J connectivity index is 2.55. The Morgan fingerprint density at radius 1 is 1.22 bits per heavy atom. The summed E-state index contributed by atoms with van der Waals surface area (Å²) < 4.78 is 22.6. The summed E-state index contributed by atoms with van der Waals surface area (Å²) in [5, 5.41) is 3.21. The first-order valence-electron chi connectivity index (χ1n) is 6.08. The summed E-state index contributed by atoms with van der Waals surface area (Å²) in [6, 6.07) is 6.84. The van der Waals surface area contributed by atoms with Crippen molar-refractivity contribution in [3.8, 4) is 0 Å². The largest absolute Gasteiger partial charge is 0.383 e. The molecular formula is C13H22N2O2S. The van der Waals surface area contributed by atoms with Gasteiger partial charge >= 0.3 is 0 Å². The van der Waals surface area contributed by atoms with Crippen LogP contribution in [-0.2, 0) is 9.84 Å². The maximum atomic E-state index is 11.3. The van der Waals surface area contributed by atoms with Gasteiger partial charge in [0, 0.05) is 24.5 Å². The lowest BCUT2D eigenvalue weighted by Gasteiger charge is -2.15. The van der Waals surface area contributed by atoms with E-state index in [4.69, 9.17) is 5.73 Å². The smallest absolute Gasteiger partial charge is 0.175 e. The molecule has 0 aliphatic rings. The predicted molar refractivity (Wildman–Crippen MR) is 75.5 cm³/mol. The molecule has 3 N–H and O–H groups in total. The van der Waals surface area contributed by atoms with Gasteiger partial charge in [0.2, 0.25) is 0 Å². The molecule has 102 valence electrons. The van der Waals surface area contributed by atoms with Crippen LogP contribution >= 0.6 is 0 Å². The van der Waals surface area contributed by atoms with E-state index in [1.807, 2.05) is 0 Å². The average Bonchev–Trinajstić information content (AvgIpc) is 2.25. The molecule has 0 aliphatic heterocycles. The van der Waals surface area contributed by atoms with E-state index >= 15 is 0 Å². The second-order valence-corrected chi connectivity index (χ2v) is 7.08. The molecule has 0 amide bonds. The van der Waals surface area contributed by atoms with E-state index < -0.39 is 9.84 Å². The topological polar surface area (TPSA) is 72.2 Å². The summed E-state index contributed by atoms with van der Waals surface area (Å²) in [6.45, 7) is 4.97. The maximum absolute atomic E-state index is 11.3. The van der Waals surface area contributed by atoms with Crippen LogP contribution in [-0.4, -0.2) is 27.3 Å². The van der Waals surface area contributed by atoms with Gasteiger partial charge in [-0.1, -0.05) is 13.8 Å². The molecule has 1 aromatic carbocycles. The Bertz CT molecular complexity index is 466. The first-order valence-corrected chi connectivity index (χ1v) is 7.97. The molecule has 0 saturated carbocycles. The molecule has 0 aliphatic carbocycles. The molecule has 0 heterocycles. The van der Waals surface area contributed by atoms with E-state index in [1.54, 1.807) is 24.3 Å². The van der Waals surface area contributed by atoms with Crippen LogP contribution in [0.5, 0.6) is 0 Å². The molecule has 4 nitrogen and oxygen atoms in total. The third kappa shape index (κ3) is 5.06. The molecule has 1 unspecified atom stereocenters. The van der Waals surface area contributed by atoms with Crippen molar-refractivity contribution >= 4 is 15.5 Å². The fourth-order valence-electron chi connectivity index (χ4n) is 1.76. The third-order valence-corrected chi connectivity index (χ3v) is 3.75. The number of anilines is 1. The zero-order valence-electron chi connectivity index (χ0n) is 11.2. The van der Waals surface area contributed by atoms with E-state index in [2.05, 4.69) is 19.2 Å². The van der Waals surface area contributed by atoms with E-state index in [9.17, 15) is 8.42 Å². The fraction of sp³-hybridized carbons (Fsp3) is 0.538. The minimum absolute atomic E-state index is 0.111. The van der Waals surface area contributed by atoms with E-state index in [-0.39, 0.29) is 6.04 Å². The van der Waals surface area contributed by atoms with Gasteiger partial charge < -0.3 is 11.1 Å². The predicted octanol–water partition coefficient (Wildman–Crippen LogP) is 1.88. The maximum Gasteiger partial charge on any atom is 0.175 e. The van der Waals surface area contributed by atoms with Crippen molar-refractivity contribution in [3.05, 3.63) is 24.3 Å². The first-order chi connectivity index (χ1) is 8.29. The molecule has 0 radical (unpaired) electrons. The zero-order chi connectivity index (χ0) is 13.8. The minimum atomic E-state index is -3.12. The summed E-state index contributed by atoms with van der Waals surface area (Å²) in [4.78, 5) is 0.333. The molecule has 0 fully saturated rings. The SMILES string of the molecule is CC(C)CC(N)CNc1ccc(S(C)(=O)=O)cc1. The van der Waals surface area contributed by atoms with Crippen LogP contribution < -0.4 is 11.1 Å². The van der Waals surface area contributed by atoms with Gasteiger partial charge in [-0.2, -0.15) is 0 Å². The quantitative estimate of drug-likeness (QED) is 0.828. The number of hydrogen-bond acceptors (Lipinski definition) is 4. The lowest BCUT2D eigenvalue weighted by molar-refractivity contribution is 0.508. The number of rotatable bonds is 6. The number of nitrogens with one attached hydrogen (secondary N) is 1. The highest BCUT2D eigenvalue weighted by Gasteiger charge is 2.07. The van der Waals surface area contributed by atoms with Gasteiger partial charge in [0.15, 0.2) is 9.84 Å².